The highest BCUT2D eigenvalue weighted by Crippen LogP contribution is 2.49. The molecule has 0 bridgehead atoms. The van der Waals surface area contributed by atoms with Crippen molar-refractivity contribution in [3.8, 4) is 16.8 Å². The zero-order valence-electron chi connectivity index (χ0n) is 28.3. The number of hydrogen-bond donors (Lipinski definition) is 0. The van der Waals surface area contributed by atoms with Crippen molar-refractivity contribution in [2.75, 3.05) is 4.90 Å². The molecule has 0 aliphatic carbocycles. The number of aromatic nitrogens is 1. The van der Waals surface area contributed by atoms with Gasteiger partial charge in [-0.25, -0.2) is 0 Å². The van der Waals surface area contributed by atoms with Crippen molar-refractivity contribution in [2.45, 2.75) is 0 Å². The summed E-state index contributed by atoms with van der Waals surface area (Å²) in [7, 11) is 0. The van der Waals surface area contributed by atoms with E-state index in [9.17, 15) is 0 Å². The predicted octanol–water partition coefficient (Wildman–Crippen LogP) is 15.4. The number of thiophene rings is 2. The molecular formula is C48H29BrN2S2. The van der Waals surface area contributed by atoms with Gasteiger partial charge in [0.05, 0.1) is 27.1 Å². The Labute approximate surface area is 322 Å². The minimum Gasteiger partial charge on any atom is -0.309 e. The maximum absolute atomic E-state index is 3.66. The minimum absolute atomic E-state index is 1.07. The first-order valence-electron chi connectivity index (χ1n) is 17.7. The van der Waals surface area contributed by atoms with E-state index in [1.54, 1.807) is 0 Å². The number of anilines is 3. The fourth-order valence-electron chi connectivity index (χ4n) is 8.08. The van der Waals surface area contributed by atoms with E-state index in [1.165, 1.54) is 79.0 Å². The maximum Gasteiger partial charge on any atom is 0.0640 e. The molecule has 250 valence electrons. The lowest BCUT2D eigenvalue weighted by molar-refractivity contribution is 1.18. The lowest BCUT2D eigenvalue weighted by atomic mass is 10.0. The van der Waals surface area contributed by atoms with Crippen LogP contribution in [-0.4, -0.2) is 4.57 Å². The smallest absolute Gasteiger partial charge is 0.0640 e. The van der Waals surface area contributed by atoms with Crippen molar-refractivity contribution in [2.24, 2.45) is 0 Å². The van der Waals surface area contributed by atoms with Gasteiger partial charge < -0.3 is 9.47 Å². The van der Waals surface area contributed by atoms with Crippen molar-refractivity contribution >= 4 is 118 Å². The Morgan fingerprint density at radius 3 is 1.92 bits per heavy atom. The van der Waals surface area contributed by atoms with Crippen molar-refractivity contribution in [3.05, 3.63) is 180 Å². The standard InChI is InChI=1S/C48H29BrN2S2/c49-31-23-21-30(22-24-31)34-13-4-7-17-41(34)51(43-18-10-16-37-35-14-5-9-20-46(35)53-48(37)43)33-25-26-42-38(27-33)39-29-47-40(36-15-6-8-19-45(36)52-47)28-44(39)50(42)32-11-2-1-3-12-32/h1-29H. The zero-order chi connectivity index (χ0) is 35.0. The lowest BCUT2D eigenvalue weighted by Gasteiger charge is -2.28. The molecule has 8 aromatic carbocycles. The van der Waals surface area contributed by atoms with Crippen LogP contribution in [0.15, 0.2) is 180 Å². The molecule has 5 heteroatoms. The SMILES string of the molecule is Brc1ccc(-c2ccccc2N(c2ccc3c(c2)c2cc4sc5ccccc5c4cc2n3-c2ccccc2)c2cccc3c2sc2ccccc23)cc1. The number of para-hydroxylation sites is 2. The molecule has 0 saturated carbocycles. The third kappa shape index (κ3) is 4.89. The average molecular weight is 778 g/mol. The molecule has 0 saturated heterocycles. The Morgan fingerprint density at radius 1 is 0.434 bits per heavy atom. The molecule has 53 heavy (non-hydrogen) atoms. The van der Waals surface area contributed by atoms with E-state index in [1.807, 2.05) is 22.7 Å². The van der Waals surface area contributed by atoms with E-state index in [4.69, 9.17) is 0 Å². The first-order valence-corrected chi connectivity index (χ1v) is 20.1. The van der Waals surface area contributed by atoms with Crippen LogP contribution in [0.2, 0.25) is 0 Å². The maximum atomic E-state index is 3.66. The molecule has 0 spiro atoms. The summed E-state index contributed by atoms with van der Waals surface area (Å²) in [6.07, 6.45) is 0. The molecule has 0 amide bonds. The van der Waals surface area contributed by atoms with Crippen molar-refractivity contribution in [1.82, 2.24) is 4.57 Å². The summed E-state index contributed by atoms with van der Waals surface area (Å²) in [4.78, 5) is 2.48. The van der Waals surface area contributed by atoms with E-state index < -0.39 is 0 Å². The van der Waals surface area contributed by atoms with Gasteiger partial charge in [0.25, 0.3) is 0 Å². The van der Waals surface area contributed by atoms with Crippen LogP contribution in [0, 0.1) is 0 Å². The summed E-state index contributed by atoms with van der Waals surface area (Å²) in [5.74, 6) is 0. The van der Waals surface area contributed by atoms with Crippen LogP contribution in [0.3, 0.4) is 0 Å². The second-order valence-electron chi connectivity index (χ2n) is 13.4. The van der Waals surface area contributed by atoms with Gasteiger partial charge in [-0.15, -0.1) is 22.7 Å². The van der Waals surface area contributed by atoms with E-state index in [0.717, 1.165) is 21.5 Å². The van der Waals surface area contributed by atoms with Crippen molar-refractivity contribution in [1.29, 1.82) is 0 Å². The predicted molar refractivity (Wildman–Crippen MR) is 234 cm³/mol. The Morgan fingerprint density at radius 2 is 1.09 bits per heavy atom. The highest BCUT2D eigenvalue weighted by Gasteiger charge is 2.23. The molecule has 0 radical (unpaired) electrons. The normalized spacial score (nSPS) is 11.9. The second kappa shape index (κ2) is 12.2. The first kappa shape index (κ1) is 30.9. The highest BCUT2D eigenvalue weighted by atomic mass is 79.9. The van der Waals surface area contributed by atoms with Gasteiger partial charge in [-0.05, 0) is 84.4 Å². The van der Waals surface area contributed by atoms with Gasteiger partial charge in [-0.3, -0.25) is 0 Å². The molecule has 0 atom stereocenters. The number of rotatable bonds is 5. The van der Waals surface area contributed by atoms with E-state index in [0.29, 0.717) is 0 Å². The summed E-state index contributed by atoms with van der Waals surface area (Å²) in [6, 6.07) is 64.5. The summed E-state index contributed by atoms with van der Waals surface area (Å²) in [5.41, 5.74) is 9.35. The van der Waals surface area contributed by atoms with Gasteiger partial charge in [0.15, 0.2) is 0 Å². The molecule has 3 aromatic heterocycles. The first-order chi connectivity index (χ1) is 26.2. The summed E-state index contributed by atoms with van der Waals surface area (Å²) in [6.45, 7) is 0. The molecule has 0 aliphatic rings. The fourth-order valence-corrected chi connectivity index (χ4v) is 10.7. The molecule has 0 unspecified atom stereocenters. The second-order valence-corrected chi connectivity index (χ2v) is 16.5. The van der Waals surface area contributed by atoms with Crippen LogP contribution in [-0.2, 0) is 0 Å². The molecule has 11 aromatic rings. The van der Waals surface area contributed by atoms with Crippen LogP contribution < -0.4 is 4.90 Å². The van der Waals surface area contributed by atoms with E-state index in [-0.39, 0.29) is 0 Å². The highest BCUT2D eigenvalue weighted by molar-refractivity contribution is 9.10. The average Bonchev–Trinajstić information content (AvgIpc) is 3.87. The number of benzene rings is 8. The quantitative estimate of drug-likeness (QED) is 0.169. The van der Waals surface area contributed by atoms with Gasteiger partial charge in [-0.2, -0.15) is 0 Å². The Hall–Kier alpha value is -5.72. The molecule has 11 rings (SSSR count). The van der Waals surface area contributed by atoms with Gasteiger partial charge in [0, 0.05) is 67.8 Å². The van der Waals surface area contributed by atoms with Crippen molar-refractivity contribution in [3.63, 3.8) is 0 Å². The fraction of sp³-hybridized carbons (Fsp3) is 0. The van der Waals surface area contributed by atoms with Gasteiger partial charge in [-0.1, -0.05) is 113 Å². The van der Waals surface area contributed by atoms with E-state index in [2.05, 4.69) is 201 Å². The molecule has 2 nitrogen and oxygen atoms in total. The van der Waals surface area contributed by atoms with Crippen LogP contribution in [0.25, 0.3) is 79.0 Å². The number of fused-ring (bicyclic) bond motifs is 9. The van der Waals surface area contributed by atoms with Crippen LogP contribution in [0.5, 0.6) is 0 Å². The van der Waals surface area contributed by atoms with Crippen molar-refractivity contribution < 1.29 is 0 Å². The molecular weight excluding hydrogens is 749 g/mol. The molecule has 0 N–H and O–H groups in total. The van der Waals surface area contributed by atoms with Crippen LogP contribution in [0.1, 0.15) is 0 Å². The van der Waals surface area contributed by atoms with Gasteiger partial charge in [0.2, 0.25) is 0 Å². The molecule has 3 heterocycles. The number of hydrogen-bond acceptors (Lipinski definition) is 3. The summed E-state index contributed by atoms with van der Waals surface area (Å²) >= 11 is 7.41. The minimum atomic E-state index is 1.07. The summed E-state index contributed by atoms with van der Waals surface area (Å²) in [5, 5.41) is 7.68. The zero-order valence-corrected chi connectivity index (χ0v) is 31.6. The Kier molecular flexibility index (Phi) is 7.09. The number of halogens is 1. The number of nitrogens with zero attached hydrogens (tertiary/aromatic N) is 2. The third-order valence-corrected chi connectivity index (χ3v) is 13.3. The van der Waals surface area contributed by atoms with E-state index >= 15 is 0 Å². The van der Waals surface area contributed by atoms with Crippen LogP contribution in [0.4, 0.5) is 17.1 Å². The van der Waals surface area contributed by atoms with Gasteiger partial charge in [0.1, 0.15) is 0 Å². The molecule has 0 aliphatic heterocycles. The molecule has 0 fully saturated rings. The monoisotopic (exact) mass is 776 g/mol. The van der Waals surface area contributed by atoms with Gasteiger partial charge >= 0.3 is 0 Å². The lowest BCUT2D eigenvalue weighted by Crippen LogP contribution is -2.11. The largest absolute Gasteiger partial charge is 0.309 e. The Bertz CT molecular complexity index is 3190. The Balaban J connectivity index is 1.23. The third-order valence-electron chi connectivity index (χ3n) is 10.4. The topological polar surface area (TPSA) is 8.17 Å². The van der Waals surface area contributed by atoms with Crippen LogP contribution >= 0.6 is 38.6 Å². The summed E-state index contributed by atoms with van der Waals surface area (Å²) < 4.78 is 8.71.